The second-order valence-electron chi connectivity index (χ2n) is 4.72. The van der Waals surface area contributed by atoms with Gasteiger partial charge in [0.15, 0.2) is 5.78 Å². The van der Waals surface area contributed by atoms with Crippen LogP contribution >= 0.6 is 23.2 Å². The molecule has 0 aliphatic heterocycles. The van der Waals surface area contributed by atoms with E-state index in [1.165, 1.54) is 6.20 Å². The Balaban J connectivity index is 2.35. The summed E-state index contributed by atoms with van der Waals surface area (Å²) in [7, 11) is 0. The first-order valence-electron chi connectivity index (χ1n) is 6.47. The minimum atomic E-state index is -0.568. The predicted octanol–water partition coefficient (Wildman–Crippen LogP) is 2.87. The number of halogens is 2. The normalized spacial score (nSPS) is 10.9. The summed E-state index contributed by atoms with van der Waals surface area (Å²) in [6.07, 6.45) is 1.26. The average molecular weight is 328 g/mol. The molecule has 2 aromatic rings. The molecule has 0 N–H and O–H groups in total. The molecular formula is C14H15Cl2N3O2. The van der Waals surface area contributed by atoms with Crippen molar-refractivity contribution < 1.29 is 4.79 Å². The van der Waals surface area contributed by atoms with Crippen LogP contribution in [0.15, 0.2) is 17.1 Å². The molecule has 2 aromatic heterocycles. The van der Waals surface area contributed by atoms with E-state index in [0.29, 0.717) is 5.56 Å². The van der Waals surface area contributed by atoms with Crippen LogP contribution in [-0.4, -0.2) is 20.1 Å². The molecule has 0 amide bonds. The van der Waals surface area contributed by atoms with Crippen molar-refractivity contribution >= 4 is 29.0 Å². The molecule has 0 aromatic carbocycles. The zero-order valence-electron chi connectivity index (χ0n) is 12.0. The molecule has 0 aliphatic carbocycles. The summed E-state index contributed by atoms with van der Waals surface area (Å²) in [5.41, 5.74) is 1.91. The summed E-state index contributed by atoms with van der Waals surface area (Å²) in [6.45, 7) is 6.46. The molecule has 0 unspecified atom stereocenters. The Bertz CT molecular complexity index is 762. The van der Waals surface area contributed by atoms with Crippen LogP contribution in [-0.2, 0) is 13.1 Å². The lowest BCUT2D eigenvalue weighted by molar-refractivity contribution is 0.0965. The van der Waals surface area contributed by atoms with Gasteiger partial charge in [-0.1, -0.05) is 23.2 Å². The Hall–Kier alpha value is -1.59. The molecule has 0 radical (unpaired) electrons. The number of rotatable bonds is 4. The second-order valence-corrected chi connectivity index (χ2v) is 5.51. The zero-order valence-corrected chi connectivity index (χ0v) is 13.5. The van der Waals surface area contributed by atoms with Crippen molar-refractivity contribution in [2.75, 3.05) is 0 Å². The maximum atomic E-state index is 12.4. The quantitative estimate of drug-likeness (QED) is 0.811. The lowest BCUT2D eigenvalue weighted by atomic mass is 10.1. The van der Waals surface area contributed by atoms with Crippen LogP contribution in [0.4, 0.5) is 0 Å². The minimum Gasteiger partial charge on any atom is -0.349 e. The van der Waals surface area contributed by atoms with E-state index >= 15 is 0 Å². The number of carbonyl (C=O) groups is 1. The van der Waals surface area contributed by atoms with Gasteiger partial charge in [-0.05, 0) is 26.8 Å². The highest BCUT2D eigenvalue weighted by atomic mass is 35.5. The van der Waals surface area contributed by atoms with E-state index in [9.17, 15) is 9.59 Å². The van der Waals surface area contributed by atoms with Crippen LogP contribution in [0.3, 0.4) is 0 Å². The number of Topliss-reactive ketones (excluding diaryl/α,β-unsaturated/α-hetero) is 1. The smallest absolute Gasteiger partial charge is 0.287 e. The maximum Gasteiger partial charge on any atom is 0.287 e. The Morgan fingerprint density at radius 2 is 2.00 bits per heavy atom. The lowest BCUT2D eigenvalue weighted by Gasteiger charge is -2.07. The number of aryl methyl sites for hydroxylation is 1. The molecule has 0 aliphatic rings. The zero-order chi connectivity index (χ0) is 15.7. The third kappa shape index (κ3) is 2.89. The number of ketones is 1. The molecule has 0 bridgehead atoms. The molecule has 2 heterocycles. The maximum absolute atomic E-state index is 12.4. The summed E-state index contributed by atoms with van der Waals surface area (Å²) in [6, 6.07) is 1.82. The topological polar surface area (TPSA) is 56.9 Å². The lowest BCUT2D eigenvalue weighted by Crippen LogP contribution is -2.27. The van der Waals surface area contributed by atoms with Crippen LogP contribution in [0.2, 0.25) is 10.0 Å². The van der Waals surface area contributed by atoms with E-state index < -0.39 is 5.56 Å². The van der Waals surface area contributed by atoms with E-state index in [1.807, 2.05) is 31.4 Å². The first-order valence-corrected chi connectivity index (χ1v) is 7.23. The molecule has 112 valence electrons. The standard InChI is InChI=1S/C14H15Cl2N3O2/c1-4-18-8(2)5-10(9(18)3)12(20)7-19-14(21)13(16)11(15)6-17-19/h5-6H,4,7H2,1-3H3. The number of hydrogen-bond donors (Lipinski definition) is 0. The van der Waals surface area contributed by atoms with Crippen molar-refractivity contribution in [3.63, 3.8) is 0 Å². The minimum absolute atomic E-state index is 0.0783. The van der Waals surface area contributed by atoms with Crippen molar-refractivity contribution in [2.24, 2.45) is 0 Å². The molecule has 5 nitrogen and oxygen atoms in total. The fourth-order valence-corrected chi connectivity index (χ4v) is 2.62. The Morgan fingerprint density at radius 3 is 2.57 bits per heavy atom. The van der Waals surface area contributed by atoms with Gasteiger partial charge >= 0.3 is 0 Å². The molecule has 0 saturated carbocycles. The number of nitrogens with zero attached hydrogens (tertiary/aromatic N) is 3. The molecule has 0 fully saturated rings. The van der Waals surface area contributed by atoms with Gasteiger partial charge < -0.3 is 4.57 Å². The monoisotopic (exact) mass is 327 g/mol. The molecule has 21 heavy (non-hydrogen) atoms. The predicted molar refractivity (Wildman–Crippen MR) is 82.4 cm³/mol. The second kappa shape index (κ2) is 6.03. The summed E-state index contributed by atoms with van der Waals surface area (Å²) in [4.78, 5) is 24.3. The van der Waals surface area contributed by atoms with Crippen molar-refractivity contribution in [1.29, 1.82) is 0 Å². The van der Waals surface area contributed by atoms with Crippen LogP contribution in [0, 0.1) is 13.8 Å². The van der Waals surface area contributed by atoms with E-state index in [4.69, 9.17) is 23.2 Å². The molecule has 0 atom stereocenters. The van der Waals surface area contributed by atoms with Crippen LogP contribution in [0.25, 0.3) is 0 Å². The third-order valence-corrected chi connectivity index (χ3v) is 4.17. The largest absolute Gasteiger partial charge is 0.349 e. The Kier molecular flexibility index (Phi) is 4.54. The molecule has 2 rings (SSSR count). The van der Waals surface area contributed by atoms with Crippen molar-refractivity contribution in [2.45, 2.75) is 33.9 Å². The van der Waals surface area contributed by atoms with Gasteiger partial charge in [0.1, 0.15) is 11.6 Å². The van der Waals surface area contributed by atoms with Gasteiger partial charge in [0.05, 0.1) is 11.2 Å². The van der Waals surface area contributed by atoms with Gasteiger partial charge in [-0.2, -0.15) is 5.10 Å². The van der Waals surface area contributed by atoms with Crippen molar-refractivity contribution in [1.82, 2.24) is 14.3 Å². The fraction of sp³-hybridized carbons (Fsp3) is 0.357. The van der Waals surface area contributed by atoms with Crippen LogP contribution < -0.4 is 5.56 Å². The number of hydrogen-bond acceptors (Lipinski definition) is 3. The SMILES string of the molecule is CCn1c(C)cc(C(=O)Cn2ncc(Cl)c(Cl)c2=O)c1C. The molecule has 0 saturated heterocycles. The van der Waals surface area contributed by atoms with Crippen LogP contribution in [0.5, 0.6) is 0 Å². The first-order chi connectivity index (χ1) is 9.86. The average Bonchev–Trinajstić information content (AvgIpc) is 2.74. The highest BCUT2D eigenvalue weighted by Gasteiger charge is 2.17. The Morgan fingerprint density at radius 1 is 1.33 bits per heavy atom. The highest BCUT2D eigenvalue weighted by molar-refractivity contribution is 6.41. The Labute approximate surface area is 132 Å². The van der Waals surface area contributed by atoms with E-state index in [1.54, 1.807) is 0 Å². The summed E-state index contributed by atoms with van der Waals surface area (Å²) < 4.78 is 3.06. The fourth-order valence-electron chi connectivity index (χ4n) is 2.35. The van der Waals surface area contributed by atoms with Gasteiger partial charge in [0.2, 0.25) is 0 Å². The summed E-state index contributed by atoms with van der Waals surface area (Å²) in [5, 5.41) is 3.80. The van der Waals surface area contributed by atoms with Crippen molar-refractivity contribution in [3.05, 3.63) is 49.6 Å². The van der Waals surface area contributed by atoms with Gasteiger partial charge in [0.25, 0.3) is 5.56 Å². The van der Waals surface area contributed by atoms with Gasteiger partial charge in [-0.25, -0.2) is 4.68 Å². The number of aromatic nitrogens is 3. The van der Waals surface area contributed by atoms with Crippen LogP contribution in [0.1, 0.15) is 28.7 Å². The first kappa shape index (κ1) is 15.8. The molecular weight excluding hydrogens is 313 g/mol. The molecule has 0 spiro atoms. The third-order valence-electron chi connectivity index (χ3n) is 3.43. The summed E-state index contributed by atoms with van der Waals surface area (Å²) in [5.74, 6) is -0.184. The van der Waals surface area contributed by atoms with Gasteiger partial charge in [-0.15, -0.1) is 0 Å². The number of carbonyl (C=O) groups excluding carboxylic acids is 1. The molecule has 7 heteroatoms. The highest BCUT2D eigenvalue weighted by Crippen LogP contribution is 2.17. The van der Waals surface area contributed by atoms with Gasteiger partial charge in [-0.3, -0.25) is 9.59 Å². The van der Waals surface area contributed by atoms with E-state index in [2.05, 4.69) is 5.10 Å². The summed E-state index contributed by atoms with van der Waals surface area (Å²) >= 11 is 11.5. The van der Waals surface area contributed by atoms with Crippen molar-refractivity contribution in [3.8, 4) is 0 Å². The van der Waals surface area contributed by atoms with E-state index in [0.717, 1.165) is 22.6 Å². The van der Waals surface area contributed by atoms with Gasteiger partial charge in [0, 0.05) is 23.5 Å². The van der Waals surface area contributed by atoms with E-state index in [-0.39, 0.29) is 22.4 Å².